The fourth-order valence-electron chi connectivity index (χ4n) is 4.29. The van der Waals surface area contributed by atoms with Crippen LogP contribution >= 0.6 is 23.2 Å². The summed E-state index contributed by atoms with van der Waals surface area (Å²) in [5.74, 6) is 0.483. The predicted octanol–water partition coefficient (Wildman–Crippen LogP) is 7.36. The van der Waals surface area contributed by atoms with Gasteiger partial charge in [-0.1, -0.05) is 60.5 Å². The largest absolute Gasteiger partial charge is 0.371 e. The molecule has 0 bridgehead atoms. The zero-order valence-corrected chi connectivity index (χ0v) is 21.9. The average Bonchev–Trinajstić information content (AvgIpc) is 2.87. The van der Waals surface area contributed by atoms with E-state index in [0.29, 0.717) is 32.9 Å². The van der Waals surface area contributed by atoms with Gasteiger partial charge in [0, 0.05) is 30.2 Å². The third-order valence-electron chi connectivity index (χ3n) is 6.45. The SMILES string of the molecule is CC1CCN(c2ccc(NC(=O)Nc3ccc(Cl)c(Cl)c3)cc2C(=O)NC(C)c2ccccc2)CC1. The van der Waals surface area contributed by atoms with E-state index >= 15 is 0 Å². The van der Waals surface area contributed by atoms with Crippen molar-refractivity contribution in [2.45, 2.75) is 32.7 Å². The van der Waals surface area contributed by atoms with E-state index in [9.17, 15) is 9.59 Å². The summed E-state index contributed by atoms with van der Waals surface area (Å²) in [4.78, 5) is 28.3. The number of anilines is 3. The van der Waals surface area contributed by atoms with Crippen LogP contribution in [0.4, 0.5) is 21.9 Å². The van der Waals surface area contributed by atoms with Crippen LogP contribution in [0.5, 0.6) is 0 Å². The normalized spacial score (nSPS) is 14.7. The standard InChI is InChI=1S/C28H30Cl2N4O2/c1-18-12-14-34(15-13-18)26-11-9-21(32-28(36)33-22-8-10-24(29)25(30)17-22)16-23(26)27(35)31-19(2)20-6-4-3-5-7-20/h3-11,16-19H,12-15H2,1-2H3,(H,31,35)(H2,32,33,36). The highest BCUT2D eigenvalue weighted by molar-refractivity contribution is 6.42. The van der Waals surface area contributed by atoms with Crippen LogP contribution in [-0.2, 0) is 0 Å². The minimum Gasteiger partial charge on any atom is -0.371 e. The maximum Gasteiger partial charge on any atom is 0.323 e. The number of halogens is 2. The molecule has 1 atom stereocenters. The molecule has 6 nitrogen and oxygen atoms in total. The van der Waals surface area contributed by atoms with Crippen LogP contribution in [0.2, 0.25) is 10.0 Å². The number of rotatable bonds is 6. The van der Waals surface area contributed by atoms with E-state index in [1.165, 1.54) is 0 Å². The lowest BCUT2D eigenvalue weighted by Crippen LogP contribution is -2.35. The van der Waals surface area contributed by atoms with Gasteiger partial charge in [-0.2, -0.15) is 0 Å². The molecular formula is C28H30Cl2N4O2. The highest BCUT2D eigenvalue weighted by atomic mass is 35.5. The van der Waals surface area contributed by atoms with Gasteiger partial charge in [0.05, 0.1) is 21.7 Å². The molecule has 1 heterocycles. The van der Waals surface area contributed by atoms with Crippen molar-refractivity contribution in [2.75, 3.05) is 28.6 Å². The van der Waals surface area contributed by atoms with Crippen molar-refractivity contribution in [2.24, 2.45) is 5.92 Å². The lowest BCUT2D eigenvalue weighted by Gasteiger charge is -2.33. The Bertz CT molecular complexity index is 1230. The van der Waals surface area contributed by atoms with Crippen LogP contribution in [0, 0.1) is 5.92 Å². The Morgan fingerprint density at radius 2 is 1.53 bits per heavy atom. The molecule has 4 rings (SSSR count). The zero-order chi connectivity index (χ0) is 25.7. The second kappa shape index (κ2) is 11.7. The lowest BCUT2D eigenvalue weighted by molar-refractivity contribution is 0.0940. The summed E-state index contributed by atoms with van der Waals surface area (Å²) in [6.07, 6.45) is 2.15. The first-order valence-corrected chi connectivity index (χ1v) is 12.8. The number of piperidine rings is 1. The number of benzene rings is 3. The molecule has 188 valence electrons. The van der Waals surface area contributed by atoms with Gasteiger partial charge in [-0.25, -0.2) is 4.79 Å². The van der Waals surface area contributed by atoms with E-state index in [1.54, 1.807) is 24.3 Å². The fourth-order valence-corrected chi connectivity index (χ4v) is 4.59. The number of amides is 3. The second-order valence-corrected chi connectivity index (χ2v) is 10.0. The van der Waals surface area contributed by atoms with Gasteiger partial charge < -0.3 is 20.9 Å². The highest BCUT2D eigenvalue weighted by Gasteiger charge is 2.23. The Hall–Kier alpha value is -3.22. The van der Waals surface area contributed by atoms with Crippen molar-refractivity contribution in [3.63, 3.8) is 0 Å². The summed E-state index contributed by atoms with van der Waals surface area (Å²) in [7, 11) is 0. The van der Waals surface area contributed by atoms with Crippen LogP contribution in [0.25, 0.3) is 0 Å². The van der Waals surface area contributed by atoms with Crippen molar-refractivity contribution >= 4 is 52.2 Å². The summed E-state index contributed by atoms with van der Waals surface area (Å²) in [5, 5.41) is 9.42. The minimum absolute atomic E-state index is 0.164. The third-order valence-corrected chi connectivity index (χ3v) is 7.19. The Labute approximate surface area is 222 Å². The molecule has 1 unspecified atom stereocenters. The first-order valence-electron chi connectivity index (χ1n) is 12.1. The van der Waals surface area contributed by atoms with Crippen LogP contribution in [0.15, 0.2) is 66.7 Å². The summed E-state index contributed by atoms with van der Waals surface area (Å²) >= 11 is 12.0. The van der Waals surface area contributed by atoms with Gasteiger partial charge in [-0.3, -0.25) is 4.79 Å². The van der Waals surface area contributed by atoms with Gasteiger partial charge in [-0.05, 0) is 67.6 Å². The lowest BCUT2D eigenvalue weighted by atomic mass is 9.97. The first kappa shape index (κ1) is 25.9. The molecule has 3 aromatic carbocycles. The van der Waals surface area contributed by atoms with Crippen molar-refractivity contribution in [1.29, 1.82) is 0 Å². The molecule has 0 saturated carbocycles. The van der Waals surface area contributed by atoms with Crippen molar-refractivity contribution in [3.05, 3.63) is 87.9 Å². The van der Waals surface area contributed by atoms with E-state index in [4.69, 9.17) is 23.2 Å². The summed E-state index contributed by atoms with van der Waals surface area (Å²) in [6.45, 7) is 5.99. The Morgan fingerprint density at radius 1 is 0.889 bits per heavy atom. The quantitative estimate of drug-likeness (QED) is 0.315. The van der Waals surface area contributed by atoms with Crippen molar-refractivity contribution in [3.8, 4) is 0 Å². The van der Waals surface area contributed by atoms with E-state index in [2.05, 4.69) is 27.8 Å². The fraction of sp³-hybridized carbons (Fsp3) is 0.286. The second-order valence-electron chi connectivity index (χ2n) is 9.22. The molecule has 36 heavy (non-hydrogen) atoms. The molecule has 3 aromatic rings. The van der Waals surface area contributed by atoms with E-state index in [1.807, 2.05) is 49.4 Å². The predicted molar refractivity (Wildman–Crippen MR) is 148 cm³/mol. The highest BCUT2D eigenvalue weighted by Crippen LogP contribution is 2.30. The van der Waals surface area contributed by atoms with Crippen LogP contribution in [0.3, 0.4) is 0 Å². The van der Waals surface area contributed by atoms with Crippen molar-refractivity contribution in [1.82, 2.24) is 5.32 Å². The first-order chi connectivity index (χ1) is 17.3. The molecule has 1 aliphatic heterocycles. The monoisotopic (exact) mass is 524 g/mol. The van der Waals surface area contributed by atoms with Gasteiger partial charge in [0.25, 0.3) is 5.91 Å². The molecule has 0 radical (unpaired) electrons. The minimum atomic E-state index is -0.447. The van der Waals surface area contributed by atoms with E-state index < -0.39 is 6.03 Å². The molecule has 1 fully saturated rings. The maximum absolute atomic E-state index is 13.5. The van der Waals surface area contributed by atoms with Gasteiger partial charge in [0.2, 0.25) is 0 Å². The number of urea groups is 1. The molecule has 0 spiro atoms. The number of hydrogen-bond acceptors (Lipinski definition) is 3. The molecule has 0 aliphatic carbocycles. The van der Waals surface area contributed by atoms with E-state index in [-0.39, 0.29) is 11.9 Å². The molecule has 0 aromatic heterocycles. The summed E-state index contributed by atoms with van der Waals surface area (Å²) < 4.78 is 0. The van der Waals surface area contributed by atoms with Gasteiger partial charge in [-0.15, -0.1) is 0 Å². The number of hydrogen-bond donors (Lipinski definition) is 3. The molecule has 3 N–H and O–H groups in total. The summed E-state index contributed by atoms with van der Waals surface area (Å²) in [6, 6.07) is 19.5. The molecule has 1 aliphatic rings. The topological polar surface area (TPSA) is 73.5 Å². The third kappa shape index (κ3) is 6.50. The van der Waals surface area contributed by atoms with Crippen LogP contribution in [-0.4, -0.2) is 25.0 Å². The number of nitrogens with zero attached hydrogens (tertiary/aromatic N) is 1. The molecule has 8 heteroatoms. The molecule has 1 saturated heterocycles. The van der Waals surface area contributed by atoms with Crippen LogP contribution in [0.1, 0.15) is 48.7 Å². The van der Waals surface area contributed by atoms with Crippen LogP contribution < -0.4 is 20.9 Å². The van der Waals surface area contributed by atoms with E-state index in [0.717, 1.165) is 37.2 Å². The Morgan fingerprint density at radius 3 is 2.19 bits per heavy atom. The molecule has 3 amide bonds. The maximum atomic E-state index is 13.5. The van der Waals surface area contributed by atoms with Crippen molar-refractivity contribution < 1.29 is 9.59 Å². The zero-order valence-electron chi connectivity index (χ0n) is 20.4. The van der Waals surface area contributed by atoms with Gasteiger partial charge >= 0.3 is 6.03 Å². The Kier molecular flexibility index (Phi) is 8.39. The number of nitrogens with one attached hydrogen (secondary N) is 3. The number of carbonyl (C=O) groups is 2. The average molecular weight is 525 g/mol. The summed E-state index contributed by atoms with van der Waals surface area (Å²) in [5.41, 5.74) is 3.44. The van der Waals surface area contributed by atoms with Gasteiger partial charge in [0.1, 0.15) is 0 Å². The Balaban J connectivity index is 1.55. The molecular weight excluding hydrogens is 495 g/mol. The number of carbonyl (C=O) groups excluding carboxylic acids is 2. The van der Waals surface area contributed by atoms with Gasteiger partial charge in [0.15, 0.2) is 0 Å². The smallest absolute Gasteiger partial charge is 0.323 e.